The second kappa shape index (κ2) is 7.43. The Morgan fingerprint density at radius 1 is 1.28 bits per heavy atom. The lowest BCUT2D eigenvalue weighted by Gasteiger charge is -2.12. The number of aliphatic hydroxyl groups excluding tert-OH is 1. The molecule has 0 bridgehead atoms. The summed E-state index contributed by atoms with van der Waals surface area (Å²) in [6.45, 7) is 5.51. The van der Waals surface area contributed by atoms with Gasteiger partial charge in [0.05, 0.1) is 6.10 Å². The van der Waals surface area contributed by atoms with E-state index in [2.05, 4.69) is 15.8 Å². The number of nitrogens with zero attached hydrogens (tertiary/aromatic N) is 1. The van der Waals surface area contributed by atoms with Gasteiger partial charge in [0, 0.05) is 18.0 Å². The molecule has 0 saturated carbocycles. The summed E-state index contributed by atoms with van der Waals surface area (Å²) in [5.41, 5.74) is 0.0138. The van der Waals surface area contributed by atoms with Gasteiger partial charge in [-0.15, -0.1) is 0 Å². The zero-order valence-electron chi connectivity index (χ0n) is 14.2. The minimum atomic E-state index is -1.13. The predicted octanol–water partition coefficient (Wildman–Crippen LogP) is 1.90. The number of benzene rings is 1. The molecule has 134 valence electrons. The number of carbonyl (C=O) groups excluding carboxylic acids is 2. The zero-order chi connectivity index (χ0) is 18.6. The van der Waals surface area contributed by atoms with Crippen LogP contribution in [0.2, 0.25) is 0 Å². The maximum absolute atomic E-state index is 13.1. The first-order valence-electron chi connectivity index (χ1n) is 7.66. The van der Waals surface area contributed by atoms with Gasteiger partial charge in [0.25, 0.3) is 0 Å². The number of hydrogen-bond donors (Lipinski definition) is 3. The fourth-order valence-electron chi connectivity index (χ4n) is 1.96. The average Bonchev–Trinajstić information content (AvgIpc) is 3.01. The molecule has 25 heavy (non-hydrogen) atoms. The van der Waals surface area contributed by atoms with E-state index in [0.29, 0.717) is 11.3 Å². The first kappa shape index (κ1) is 18.6. The summed E-state index contributed by atoms with van der Waals surface area (Å²) in [4.78, 5) is 23.6. The van der Waals surface area contributed by atoms with Crippen LogP contribution in [0.5, 0.6) is 0 Å². The van der Waals surface area contributed by atoms with Crippen molar-refractivity contribution in [2.24, 2.45) is 0 Å². The van der Waals surface area contributed by atoms with Crippen molar-refractivity contribution in [2.45, 2.75) is 32.3 Å². The smallest absolute Gasteiger partial charge is 0.314 e. The predicted molar refractivity (Wildman–Crippen MR) is 88.2 cm³/mol. The molecule has 8 heteroatoms. The van der Waals surface area contributed by atoms with Crippen molar-refractivity contribution >= 4 is 17.6 Å². The zero-order valence-corrected chi connectivity index (χ0v) is 14.2. The minimum Gasteiger partial charge on any atom is -0.387 e. The van der Waals surface area contributed by atoms with E-state index in [4.69, 9.17) is 4.52 Å². The molecule has 0 aliphatic rings. The van der Waals surface area contributed by atoms with Gasteiger partial charge in [-0.1, -0.05) is 38.1 Å². The molecule has 1 heterocycles. The topological polar surface area (TPSA) is 104 Å². The summed E-state index contributed by atoms with van der Waals surface area (Å²) < 4.78 is 18.2. The van der Waals surface area contributed by atoms with Gasteiger partial charge >= 0.3 is 11.8 Å². The molecule has 0 aliphatic carbocycles. The van der Waals surface area contributed by atoms with Crippen LogP contribution in [-0.4, -0.2) is 28.6 Å². The largest absolute Gasteiger partial charge is 0.387 e. The van der Waals surface area contributed by atoms with Crippen LogP contribution in [0.4, 0.5) is 10.2 Å². The van der Waals surface area contributed by atoms with Crippen molar-refractivity contribution in [3.8, 4) is 0 Å². The number of rotatable bonds is 4. The number of halogens is 1. The average molecular weight is 349 g/mol. The maximum atomic E-state index is 13.1. The summed E-state index contributed by atoms with van der Waals surface area (Å²) in [6, 6.07) is 6.89. The van der Waals surface area contributed by atoms with E-state index >= 15 is 0 Å². The molecule has 1 aromatic carbocycles. The minimum absolute atomic E-state index is 0.121. The molecule has 2 aromatic rings. The Kier molecular flexibility index (Phi) is 5.53. The lowest BCUT2D eigenvalue weighted by atomic mass is 9.93. The highest BCUT2D eigenvalue weighted by Gasteiger charge is 2.22. The maximum Gasteiger partial charge on any atom is 0.314 e. The van der Waals surface area contributed by atoms with Crippen molar-refractivity contribution in [2.75, 3.05) is 11.9 Å². The van der Waals surface area contributed by atoms with Gasteiger partial charge in [-0.05, 0) is 17.7 Å². The van der Waals surface area contributed by atoms with E-state index in [1.54, 1.807) is 0 Å². The standard InChI is InChI=1S/C17H20FN3O4/c1-17(2,3)13-8-14(21-25-13)20-16(24)15(23)19-9-12(22)10-5-4-6-11(18)7-10/h4-8,12,22H,9H2,1-3H3,(H,19,23)(H,20,21,24)/t12-/m1/s1. The molecular formula is C17H20FN3O4. The van der Waals surface area contributed by atoms with E-state index in [-0.39, 0.29) is 17.8 Å². The van der Waals surface area contributed by atoms with Gasteiger partial charge in [-0.2, -0.15) is 0 Å². The van der Waals surface area contributed by atoms with Gasteiger partial charge in [-0.25, -0.2) is 4.39 Å². The highest BCUT2D eigenvalue weighted by Crippen LogP contribution is 2.24. The third kappa shape index (κ3) is 5.12. The van der Waals surface area contributed by atoms with Gasteiger partial charge in [0.1, 0.15) is 11.6 Å². The fourth-order valence-corrected chi connectivity index (χ4v) is 1.96. The second-order valence-electron chi connectivity index (χ2n) is 6.56. The van der Waals surface area contributed by atoms with Crippen LogP contribution >= 0.6 is 0 Å². The summed E-state index contributed by atoms with van der Waals surface area (Å²) in [6.07, 6.45) is -1.13. The monoisotopic (exact) mass is 349 g/mol. The van der Waals surface area contributed by atoms with E-state index in [9.17, 15) is 19.1 Å². The van der Waals surface area contributed by atoms with E-state index < -0.39 is 23.7 Å². The number of amides is 2. The lowest BCUT2D eigenvalue weighted by molar-refractivity contribution is -0.136. The molecule has 0 fully saturated rings. The van der Waals surface area contributed by atoms with Gasteiger partial charge in [0.2, 0.25) is 0 Å². The summed E-state index contributed by atoms with van der Waals surface area (Å²) in [7, 11) is 0. The number of aliphatic hydroxyl groups is 1. The van der Waals surface area contributed by atoms with E-state index in [1.165, 1.54) is 24.3 Å². The molecule has 3 N–H and O–H groups in total. The molecule has 7 nitrogen and oxygen atoms in total. The van der Waals surface area contributed by atoms with Crippen molar-refractivity contribution in [1.29, 1.82) is 0 Å². The molecular weight excluding hydrogens is 329 g/mol. The van der Waals surface area contributed by atoms with E-state index in [1.807, 2.05) is 20.8 Å². The van der Waals surface area contributed by atoms with Crippen LogP contribution in [0.3, 0.4) is 0 Å². The summed E-state index contributed by atoms with van der Waals surface area (Å²) in [5, 5.41) is 18.2. The molecule has 2 amide bonds. The SMILES string of the molecule is CC(C)(C)c1cc(NC(=O)C(=O)NC[C@@H](O)c2cccc(F)c2)no1. The molecule has 1 aromatic heterocycles. The molecule has 1 atom stereocenters. The number of aromatic nitrogens is 1. The highest BCUT2D eigenvalue weighted by atomic mass is 19.1. The molecule has 0 unspecified atom stereocenters. The Morgan fingerprint density at radius 3 is 2.60 bits per heavy atom. The van der Waals surface area contributed by atoms with Crippen LogP contribution in [0, 0.1) is 5.82 Å². The normalized spacial score (nSPS) is 12.5. The number of carbonyl (C=O) groups is 2. The van der Waals surface area contributed by atoms with Crippen LogP contribution in [0.15, 0.2) is 34.9 Å². The third-order valence-corrected chi connectivity index (χ3v) is 3.39. The third-order valence-electron chi connectivity index (χ3n) is 3.39. The lowest BCUT2D eigenvalue weighted by Crippen LogP contribution is -2.37. The fraction of sp³-hybridized carbons (Fsp3) is 0.353. The van der Waals surface area contributed by atoms with Crippen LogP contribution in [0.25, 0.3) is 0 Å². The number of nitrogens with one attached hydrogen (secondary N) is 2. The first-order chi connectivity index (χ1) is 11.7. The molecule has 2 rings (SSSR count). The molecule has 0 radical (unpaired) electrons. The molecule has 0 aliphatic heterocycles. The van der Waals surface area contributed by atoms with Crippen molar-refractivity contribution < 1.29 is 23.6 Å². The Bertz CT molecular complexity index is 767. The van der Waals surface area contributed by atoms with Crippen molar-refractivity contribution in [3.05, 3.63) is 47.5 Å². The first-order valence-corrected chi connectivity index (χ1v) is 7.66. The van der Waals surface area contributed by atoms with Gasteiger partial charge < -0.3 is 14.9 Å². The quantitative estimate of drug-likeness (QED) is 0.731. The molecule has 0 spiro atoms. The van der Waals surface area contributed by atoms with Gasteiger partial charge in [0.15, 0.2) is 5.82 Å². The summed E-state index contributed by atoms with van der Waals surface area (Å²) >= 11 is 0. The van der Waals surface area contributed by atoms with Crippen molar-refractivity contribution in [1.82, 2.24) is 10.5 Å². The van der Waals surface area contributed by atoms with Crippen LogP contribution in [0.1, 0.15) is 38.2 Å². The van der Waals surface area contributed by atoms with Crippen molar-refractivity contribution in [3.63, 3.8) is 0 Å². The Hall–Kier alpha value is -2.74. The van der Waals surface area contributed by atoms with Crippen LogP contribution < -0.4 is 10.6 Å². The second-order valence-corrected chi connectivity index (χ2v) is 6.56. The Labute approximate surface area is 144 Å². The number of anilines is 1. The Balaban J connectivity index is 1.88. The number of hydrogen-bond acceptors (Lipinski definition) is 5. The Morgan fingerprint density at radius 2 is 2.00 bits per heavy atom. The summed E-state index contributed by atoms with van der Waals surface area (Å²) in [5.74, 6) is -1.71. The molecule has 0 saturated heterocycles. The van der Waals surface area contributed by atoms with Gasteiger partial charge in [-0.3, -0.25) is 14.9 Å². The van der Waals surface area contributed by atoms with Crippen LogP contribution in [-0.2, 0) is 15.0 Å². The highest BCUT2D eigenvalue weighted by molar-refractivity contribution is 6.39. The van der Waals surface area contributed by atoms with E-state index in [0.717, 1.165) is 6.07 Å².